The first-order valence-electron chi connectivity index (χ1n) is 7.69. The van der Waals surface area contributed by atoms with E-state index in [0.29, 0.717) is 26.6 Å². The van der Waals surface area contributed by atoms with E-state index < -0.39 is 0 Å². The molecule has 0 aliphatic rings. The molecule has 0 aliphatic carbocycles. The molecule has 3 N–H and O–H groups in total. The standard InChI is InChI=1S/C19H14N4OS/c20-15-14-11-21-17(12-7-3-1-4-8-12)23-19(14)25-16(15)18(24)22-13-9-5-2-6-10-13/h1-11H,20H2,(H,22,24). The third-order valence-electron chi connectivity index (χ3n) is 3.76. The van der Waals surface area contributed by atoms with E-state index in [9.17, 15) is 4.79 Å². The summed E-state index contributed by atoms with van der Waals surface area (Å²) in [4.78, 5) is 22.6. The fourth-order valence-corrected chi connectivity index (χ4v) is 3.47. The van der Waals surface area contributed by atoms with Gasteiger partial charge in [0.05, 0.1) is 11.1 Å². The van der Waals surface area contributed by atoms with E-state index in [2.05, 4.69) is 15.3 Å². The number of thiophene rings is 1. The van der Waals surface area contributed by atoms with Crippen molar-refractivity contribution in [3.63, 3.8) is 0 Å². The van der Waals surface area contributed by atoms with Gasteiger partial charge < -0.3 is 11.1 Å². The maximum absolute atomic E-state index is 12.5. The number of nitrogens with one attached hydrogen (secondary N) is 1. The molecule has 0 atom stereocenters. The minimum atomic E-state index is -0.243. The van der Waals surface area contributed by atoms with Crippen molar-refractivity contribution < 1.29 is 4.79 Å². The summed E-state index contributed by atoms with van der Waals surface area (Å²) in [7, 11) is 0. The summed E-state index contributed by atoms with van der Waals surface area (Å²) in [5.41, 5.74) is 8.21. The highest BCUT2D eigenvalue weighted by Crippen LogP contribution is 2.33. The highest BCUT2D eigenvalue weighted by atomic mass is 32.1. The lowest BCUT2D eigenvalue weighted by Gasteiger charge is -2.03. The fraction of sp³-hybridized carbons (Fsp3) is 0. The van der Waals surface area contributed by atoms with Crippen molar-refractivity contribution in [3.8, 4) is 11.4 Å². The molecule has 0 fully saturated rings. The van der Waals surface area contributed by atoms with Gasteiger partial charge in [0.1, 0.15) is 9.71 Å². The predicted molar refractivity (Wildman–Crippen MR) is 102 cm³/mol. The summed E-state index contributed by atoms with van der Waals surface area (Å²) in [5, 5.41) is 3.55. The Balaban J connectivity index is 1.71. The predicted octanol–water partition coefficient (Wildman–Crippen LogP) is 4.19. The van der Waals surface area contributed by atoms with Crippen LogP contribution in [0.1, 0.15) is 9.67 Å². The second kappa shape index (κ2) is 6.33. The van der Waals surface area contributed by atoms with Crippen molar-refractivity contribution in [3.05, 3.63) is 71.7 Å². The van der Waals surface area contributed by atoms with E-state index in [1.165, 1.54) is 11.3 Å². The number of carbonyl (C=O) groups is 1. The number of carbonyl (C=O) groups excluding carboxylic acids is 1. The summed E-state index contributed by atoms with van der Waals surface area (Å²) < 4.78 is 0. The molecular weight excluding hydrogens is 332 g/mol. The molecule has 0 unspecified atom stereocenters. The average Bonchev–Trinajstić information content (AvgIpc) is 2.99. The van der Waals surface area contributed by atoms with Gasteiger partial charge in [0, 0.05) is 17.4 Å². The zero-order valence-corrected chi connectivity index (χ0v) is 14.0. The van der Waals surface area contributed by atoms with E-state index in [1.54, 1.807) is 6.20 Å². The number of fused-ring (bicyclic) bond motifs is 1. The quantitative estimate of drug-likeness (QED) is 0.583. The first-order valence-corrected chi connectivity index (χ1v) is 8.51. The molecule has 0 bridgehead atoms. The first kappa shape index (κ1) is 15.3. The van der Waals surface area contributed by atoms with E-state index >= 15 is 0 Å². The van der Waals surface area contributed by atoms with Gasteiger partial charge in [0.25, 0.3) is 5.91 Å². The molecule has 5 nitrogen and oxygen atoms in total. The molecule has 2 heterocycles. The van der Waals surface area contributed by atoms with Gasteiger partial charge in [-0.05, 0) is 12.1 Å². The number of nitrogen functional groups attached to an aromatic ring is 1. The smallest absolute Gasteiger partial charge is 0.267 e. The van der Waals surface area contributed by atoms with E-state index in [4.69, 9.17) is 5.73 Å². The van der Waals surface area contributed by atoms with Gasteiger partial charge in [0.2, 0.25) is 0 Å². The molecule has 2 aromatic heterocycles. The molecule has 0 saturated heterocycles. The monoisotopic (exact) mass is 346 g/mol. The maximum atomic E-state index is 12.5. The number of benzene rings is 2. The Hall–Kier alpha value is -3.25. The number of para-hydroxylation sites is 1. The Morgan fingerprint density at radius 2 is 1.68 bits per heavy atom. The second-order valence-electron chi connectivity index (χ2n) is 5.44. The van der Waals surface area contributed by atoms with E-state index in [-0.39, 0.29) is 5.91 Å². The van der Waals surface area contributed by atoms with Crippen LogP contribution in [0.2, 0.25) is 0 Å². The fourth-order valence-electron chi connectivity index (χ4n) is 2.51. The molecule has 0 saturated carbocycles. The zero-order valence-electron chi connectivity index (χ0n) is 13.1. The normalized spacial score (nSPS) is 10.7. The van der Waals surface area contributed by atoms with E-state index in [0.717, 1.165) is 11.3 Å². The molecule has 6 heteroatoms. The summed E-state index contributed by atoms with van der Waals surface area (Å²) in [6.45, 7) is 0. The van der Waals surface area contributed by atoms with Crippen LogP contribution < -0.4 is 11.1 Å². The Labute approximate surface area is 148 Å². The van der Waals surface area contributed by atoms with Gasteiger partial charge in [-0.3, -0.25) is 4.79 Å². The third kappa shape index (κ3) is 2.95. The minimum Gasteiger partial charge on any atom is -0.397 e. The maximum Gasteiger partial charge on any atom is 0.267 e. The van der Waals surface area contributed by atoms with Gasteiger partial charge in [-0.15, -0.1) is 11.3 Å². The summed E-state index contributed by atoms with van der Waals surface area (Å²) in [5.74, 6) is 0.373. The first-order chi connectivity index (χ1) is 12.2. The molecule has 0 spiro atoms. The Morgan fingerprint density at radius 1 is 1.00 bits per heavy atom. The molecule has 4 rings (SSSR count). The zero-order chi connectivity index (χ0) is 17.2. The van der Waals surface area contributed by atoms with Gasteiger partial charge in [-0.25, -0.2) is 9.97 Å². The molecule has 0 aliphatic heterocycles. The number of amides is 1. The molecular formula is C19H14N4OS. The largest absolute Gasteiger partial charge is 0.397 e. The number of rotatable bonds is 3. The van der Waals surface area contributed by atoms with Gasteiger partial charge >= 0.3 is 0 Å². The Morgan fingerprint density at radius 3 is 2.40 bits per heavy atom. The van der Waals surface area contributed by atoms with Crippen molar-refractivity contribution in [2.24, 2.45) is 0 Å². The minimum absolute atomic E-state index is 0.243. The van der Waals surface area contributed by atoms with Gasteiger partial charge in [-0.2, -0.15) is 0 Å². The van der Waals surface area contributed by atoms with Crippen molar-refractivity contribution in [1.29, 1.82) is 0 Å². The third-order valence-corrected chi connectivity index (χ3v) is 4.87. The highest BCUT2D eigenvalue weighted by Gasteiger charge is 2.18. The van der Waals surface area contributed by atoms with Crippen molar-refractivity contribution >= 4 is 38.8 Å². The lowest BCUT2D eigenvalue weighted by atomic mass is 10.2. The summed E-state index contributed by atoms with van der Waals surface area (Å²) in [6.07, 6.45) is 1.68. The SMILES string of the molecule is Nc1c(C(=O)Nc2ccccc2)sc2nc(-c3ccccc3)ncc12. The second-order valence-corrected chi connectivity index (χ2v) is 6.44. The summed E-state index contributed by atoms with van der Waals surface area (Å²) >= 11 is 1.27. The van der Waals surface area contributed by atoms with Crippen molar-refractivity contribution in [2.75, 3.05) is 11.1 Å². The molecule has 1 amide bonds. The number of nitrogens with zero attached hydrogens (tertiary/aromatic N) is 2. The van der Waals surface area contributed by atoms with Crippen LogP contribution in [0.4, 0.5) is 11.4 Å². The van der Waals surface area contributed by atoms with Crippen molar-refractivity contribution in [1.82, 2.24) is 9.97 Å². The van der Waals surface area contributed by atoms with Gasteiger partial charge in [0.15, 0.2) is 5.82 Å². The lowest BCUT2D eigenvalue weighted by Crippen LogP contribution is -2.11. The lowest BCUT2D eigenvalue weighted by molar-refractivity contribution is 0.103. The molecule has 4 aromatic rings. The highest BCUT2D eigenvalue weighted by molar-refractivity contribution is 7.21. The topological polar surface area (TPSA) is 80.9 Å². The molecule has 25 heavy (non-hydrogen) atoms. The molecule has 122 valence electrons. The molecule has 0 radical (unpaired) electrons. The number of aromatic nitrogens is 2. The van der Waals surface area contributed by atoms with Crippen molar-refractivity contribution in [2.45, 2.75) is 0 Å². The number of hydrogen-bond acceptors (Lipinski definition) is 5. The number of anilines is 2. The van der Waals surface area contributed by atoms with Crippen LogP contribution in [0.3, 0.4) is 0 Å². The van der Waals surface area contributed by atoms with Crippen LogP contribution in [-0.4, -0.2) is 15.9 Å². The number of hydrogen-bond donors (Lipinski definition) is 2. The Bertz CT molecular complexity index is 1050. The Kier molecular flexibility index (Phi) is 3.87. The van der Waals surface area contributed by atoms with Crippen LogP contribution in [0.15, 0.2) is 66.9 Å². The number of nitrogens with two attached hydrogens (primary N) is 1. The average molecular weight is 346 g/mol. The summed E-state index contributed by atoms with van der Waals surface area (Å²) in [6, 6.07) is 19.0. The van der Waals surface area contributed by atoms with Crippen LogP contribution in [0.25, 0.3) is 21.6 Å². The van der Waals surface area contributed by atoms with E-state index in [1.807, 2.05) is 60.7 Å². The van der Waals surface area contributed by atoms with Crippen LogP contribution in [-0.2, 0) is 0 Å². The van der Waals surface area contributed by atoms with Crippen LogP contribution in [0, 0.1) is 0 Å². The molecule has 2 aromatic carbocycles. The van der Waals surface area contributed by atoms with Crippen LogP contribution in [0.5, 0.6) is 0 Å². The van der Waals surface area contributed by atoms with Crippen LogP contribution >= 0.6 is 11.3 Å². The van der Waals surface area contributed by atoms with Gasteiger partial charge in [-0.1, -0.05) is 48.5 Å².